The van der Waals surface area contributed by atoms with Crippen molar-refractivity contribution in [2.75, 3.05) is 0 Å². The Labute approximate surface area is 180 Å². The molecule has 0 saturated heterocycles. The molecule has 3 nitrogen and oxygen atoms in total. The first-order chi connectivity index (χ1) is 14.3. The zero-order valence-corrected chi connectivity index (χ0v) is 18.5. The van der Waals surface area contributed by atoms with Gasteiger partial charge < -0.3 is 4.55 Å². The summed E-state index contributed by atoms with van der Waals surface area (Å²) in [6.45, 7) is 2.06. The highest BCUT2D eigenvalue weighted by Crippen LogP contribution is 2.55. The van der Waals surface area contributed by atoms with Gasteiger partial charge in [-0.1, -0.05) is 45.1 Å². The second-order valence-electron chi connectivity index (χ2n) is 7.51. The normalized spacial score (nSPS) is 17.2. The fourth-order valence-electron chi connectivity index (χ4n) is 3.76. The summed E-state index contributed by atoms with van der Waals surface area (Å²) in [4.78, 5) is 0.656. The van der Waals surface area contributed by atoms with Crippen LogP contribution in [0.2, 0.25) is 0 Å². The van der Waals surface area contributed by atoms with Crippen LogP contribution in [0.4, 0.5) is 26.3 Å². The summed E-state index contributed by atoms with van der Waals surface area (Å²) in [5, 5.41) is 0.796. The van der Waals surface area contributed by atoms with E-state index in [2.05, 4.69) is 6.92 Å². The maximum atomic E-state index is 13.8. The summed E-state index contributed by atoms with van der Waals surface area (Å²) in [5.74, 6) is 0.115. The lowest BCUT2D eigenvalue weighted by atomic mass is 9.98. The van der Waals surface area contributed by atoms with Crippen LogP contribution in [0.5, 0.6) is 0 Å². The van der Waals surface area contributed by atoms with Crippen LogP contribution in [0.15, 0.2) is 24.3 Å². The Bertz CT molecular complexity index is 969. The minimum absolute atomic E-state index is 0.115. The van der Waals surface area contributed by atoms with Crippen molar-refractivity contribution in [2.45, 2.75) is 75.2 Å². The first kappa shape index (κ1) is 25.9. The van der Waals surface area contributed by atoms with Gasteiger partial charge in [0.25, 0.3) is 0 Å². The second-order valence-corrected chi connectivity index (χ2v) is 10.9. The van der Waals surface area contributed by atoms with E-state index >= 15 is 0 Å². The first-order valence-corrected chi connectivity index (χ1v) is 12.6. The van der Waals surface area contributed by atoms with Crippen molar-refractivity contribution in [3.63, 3.8) is 0 Å². The van der Waals surface area contributed by atoms with E-state index in [1.54, 1.807) is 0 Å². The minimum Gasteiger partial charge on any atom is -0.741 e. The number of aryl methyl sites for hydroxylation is 1. The number of benzene rings is 1. The van der Waals surface area contributed by atoms with E-state index in [4.69, 9.17) is 13.0 Å². The lowest BCUT2D eigenvalue weighted by Crippen LogP contribution is -2.21. The monoisotopic (exact) mass is 490 g/mol. The highest BCUT2D eigenvalue weighted by molar-refractivity contribution is 7.86. The molecule has 0 spiro atoms. The molecule has 1 atom stereocenters. The summed E-state index contributed by atoms with van der Waals surface area (Å²) >= 11 is 0. The van der Waals surface area contributed by atoms with E-state index < -0.39 is 31.6 Å². The third-order valence-electron chi connectivity index (χ3n) is 5.14. The molecule has 1 unspecified atom stereocenters. The van der Waals surface area contributed by atoms with E-state index in [1.165, 1.54) is 0 Å². The van der Waals surface area contributed by atoms with Gasteiger partial charge in [-0.05, 0) is 30.9 Å². The van der Waals surface area contributed by atoms with Crippen molar-refractivity contribution in [3.05, 3.63) is 34.7 Å². The van der Waals surface area contributed by atoms with Crippen LogP contribution in [0, 0.1) is 0 Å². The van der Waals surface area contributed by atoms with Crippen molar-refractivity contribution in [1.82, 2.24) is 0 Å². The number of fused-ring (bicyclic) bond motifs is 1. The predicted molar refractivity (Wildman–Crippen MR) is 108 cm³/mol. The Morgan fingerprint density at radius 3 is 2.00 bits per heavy atom. The molecular formula is C20H24F6O3S2. The molecule has 0 radical (unpaired) electrons. The molecule has 2 aromatic rings. The molecule has 0 amide bonds. The van der Waals surface area contributed by atoms with Gasteiger partial charge in [0.15, 0.2) is 19.7 Å². The molecule has 31 heavy (non-hydrogen) atoms. The average molecular weight is 491 g/mol. The molecule has 1 aromatic carbocycles. The molecule has 3 rings (SSSR count). The summed E-state index contributed by atoms with van der Waals surface area (Å²) < 4.78 is 101. The molecule has 1 fully saturated rings. The largest absolute Gasteiger partial charge is 0.741 e. The van der Waals surface area contributed by atoms with Gasteiger partial charge in [-0.2, -0.15) is 13.2 Å². The van der Waals surface area contributed by atoms with Crippen LogP contribution < -0.4 is 0 Å². The van der Waals surface area contributed by atoms with Gasteiger partial charge in [0.2, 0.25) is 0 Å². The minimum atomic E-state index is -6.09. The number of halogens is 6. The molecule has 1 aromatic heterocycles. The van der Waals surface area contributed by atoms with Crippen LogP contribution in [0.3, 0.4) is 0 Å². The molecule has 0 aliphatic heterocycles. The molecule has 1 saturated carbocycles. The Morgan fingerprint density at radius 1 is 1.00 bits per heavy atom. The third-order valence-corrected chi connectivity index (χ3v) is 7.89. The van der Waals surface area contributed by atoms with E-state index in [-0.39, 0.29) is 5.92 Å². The van der Waals surface area contributed by atoms with E-state index in [9.17, 15) is 26.3 Å². The van der Waals surface area contributed by atoms with Crippen molar-refractivity contribution in [2.24, 2.45) is 0 Å². The van der Waals surface area contributed by atoms with E-state index in [0.29, 0.717) is 9.58 Å². The molecule has 176 valence electrons. The summed E-state index contributed by atoms with van der Waals surface area (Å²) in [6, 6.07) is 7.57. The van der Waals surface area contributed by atoms with E-state index in [1.807, 2.05) is 24.3 Å². The van der Waals surface area contributed by atoms with Crippen LogP contribution in [-0.4, -0.2) is 18.5 Å². The van der Waals surface area contributed by atoms with Crippen LogP contribution in [0.1, 0.15) is 68.2 Å². The highest BCUT2D eigenvalue weighted by atomic mass is 32.2. The van der Waals surface area contributed by atoms with Gasteiger partial charge in [0, 0.05) is 23.4 Å². The Balaban J connectivity index is 0.000000366. The average Bonchev–Trinajstić information content (AvgIpc) is 2.81. The van der Waals surface area contributed by atoms with Gasteiger partial charge in [-0.15, -0.1) is 13.2 Å². The van der Waals surface area contributed by atoms with Crippen molar-refractivity contribution in [1.29, 1.82) is 0 Å². The quantitative estimate of drug-likeness (QED) is 0.147. The molecule has 1 aliphatic rings. The van der Waals surface area contributed by atoms with E-state index in [0.717, 1.165) is 62.3 Å². The first-order valence-electron chi connectivity index (χ1n) is 9.93. The molecule has 0 N–H and O–H groups in total. The van der Waals surface area contributed by atoms with Gasteiger partial charge in [-0.3, -0.25) is 0 Å². The van der Waals surface area contributed by atoms with Crippen LogP contribution in [0.25, 0.3) is 10.1 Å². The maximum Gasteiger partial charge on any atom is 0.600 e. The van der Waals surface area contributed by atoms with Crippen molar-refractivity contribution < 1.29 is 39.3 Å². The predicted octanol–water partition coefficient (Wildman–Crippen LogP) is 7.51. The Hall–Kier alpha value is -1.33. The molecule has 11 heteroatoms. The number of alkyl halides is 6. The van der Waals surface area contributed by atoms with Crippen molar-refractivity contribution >= 4 is 30.7 Å². The smallest absolute Gasteiger partial charge is 0.600 e. The molecule has 1 aliphatic carbocycles. The van der Waals surface area contributed by atoms with Crippen LogP contribution >= 0.6 is 10.5 Å². The summed E-state index contributed by atoms with van der Waals surface area (Å²) in [7, 11) is -7.81. The van der Waals surface area contributed by atoms with Gasteiger partial charge in [0.1, 0.15) is 0 Å². The third kappa shape index (κ3) is 6.82. The van der Waals surface area contributed by atoms with Crippen LogP contribution in [-0.2, 0) is 22.0 Å². The number of hydrogen-bond donors (Lipinski definition) is 0. The summed E-state index contributed by atoms with van der Waals surface area (Å²) in [5.41, 5.74) is -8.77. The maximum absolute atomic E-state index is 13.8. The topological polar surface area (TPSA) is 57.2 Å². The number of thiophene rings is 1. The highest BCUT2D eigenvalue weighted by Gasteiger charge is 2.49. The standard InChI is InChI=1S/C19H24F3S.CHF3O3S/c1-2-7-14-10-11-16-13-18(15-8-5-3-4-6-9-15)23(17(16)12-14)19(20,21)22;2-1(3,4)8(5,6)7/h10-13,15H,2-9H2,1H3;(H,5,6,7)/q+1;/p-1. The van der Waals surface area contributed by atoms with Gasteiger partial charge in [0.05, 0.1) is 10.5 Å². The van der Waals surface area contributed by atoms with Crippen molar-refractivity contribution in [3.8, 4) is 0 Å². The number of rotatable bonds is 3. The lowest BCUT2D eigenvalue weighted by Gasteiger charge is -2.10. The van der Waals surface area contributed by atoms with Gasteiger partial charge >= 0.3 is 11.0 Å². The lowest BCUT2D eigenvalue weighted by molar-refractivity contribution is -0.0868. The molecule has 0 bridgehead atoms. The molecular weight excluding hydrogens is 466 g/mol. The zero-order valence-electron chi connectivity index (χ0n) is 16.9. The fraction of sp³-hybridized carbons (Fsp3) is 0.600. The fourth-order valence-corrected chi connectivity index (χ4v) is 5.98. The second kappa shape index (κ2) is 10.1. The number of hydrogen-bond acceptors (Lipinski definition) is 3. The summed E-state index contributed by atoms with van der Waals surface area (Å²) in [6.07, 6.45) is 8.10. The SMILES string of the molecule is CCCc1ccc2cc(C3CCCCCC3)[s+](C(F)(F)F)c2c1.O=S(=O)([O-])C(F)(F)F. The Kier molecular flexibility index (Phi) is 8.43. The van der Waals surface area contributed by atoms with Gasteiger partial charge in [-0.25, -0.2) is 8.42 Å². The Morgan fingerprint density at radius 2 is 1.55 bits per heavy atom. The molecule has 1 heterocycles. The zero-order chi connectivity index (χ0) is 23.4.